The molecule has 0 bridgehead atoms. The van der Waals surface area contributed by atoms with Gasteiger partial charge >= 0.3 is 0 Å². The topological polar surface area (TPSA) is 63.8 Å². The molecule has 1 fully saturated rings. The second kappa shape index (κ2) is 2.09. The molecule has 0 atom stereocenters. The van der Waals surface area contributed by atoms with E-state index in [1.807, 2.05) is 0 Å². The fourth-order valence-corrected chi connectivity index (χ4v) is 1.10. The Morgan fingerprint density at radius 2 is 2.40 bits per heavy atom. The molecule has 0 radical (unpaired) electrons. The van der Waals surface area contributed by atoms with Crippen LogP contribution in [0.5, 0.6) is 0 Å². The highest BCUT2D eigenvalue weighted by Gasteiger charge is 2.22. The summed E-state index contributed by atoms with van der Waals surface area (Å²) in [5, 5.41) is 3.68. The Hall–Kier alpha value is -0.840. The molecule has 0 aliphatic heterocycles. The number of hydrogen-bond donors (Lipinski definition) is 2. The Kier molecular flexibility index (Phi) is 1.23. The van der Waals surface area contributed by atoms with Crippen molar-refractivity contribution in [3.05, 3.63) is 0 Å². The summed E-state index contributed by atoms with van der Waals surface area (Å²) >= 11 is 1.23. The number of aromatic nitrogens is 2. The van der Waals surface area contributed by atoms with Gasteiger partial charge < -0.3 is 11.1 Å². The molecular formula is C5H8N4S. The first-order valence-corrected chi connectivity index (χ1v) is 3.97. The van der Waals surface area contributed by atoms with Gasteiger partial charge in [0.1, 0.15) is 0 Å². The van der Waals surface area contributed by atoms with E-state index in [4.69, 9.17) is 5.73 Å². The molecule has 1 saturated carbocycles. The Morgan fingerprint density at radius 1 is 1.60 bits per heavy atom. The summed E-state index contributed by atoms with van der Waals surface area (Å²) in [7, 11) is 0. The zero-order valence-corrected chi connectivity index (χ0v) is 6.19. The van der Waals surface area contributed by atoms with Crippen molar-refractivity contribution in [2.45, 2.75) is 18.9 Å². The smallest absolute Gasteiger partial charge is 0.236 e. The number of hydrogen-bond acceptors (Lipinski definition) is 5. The standard InChI is InChI=1S/C5H8N4S/c6-4-8-5(9-10-4)7-3-1-2-3/h3H,1-2H2,(H3,6,7,8,9). The third-order valence-corrected chi connectivity index (χ3v) is 1.89. The average molecular weight is 156 g/mol. The summed E-state index contributed by atoms with van der Waals surface area (Å²) in [6, 6.07) is 0.606. The zero-order chi connectivity index (χ0) is 6.97. The second-order valence-electron chi connectivity index (χ2n) is 2.37. The number of nitrogen functional groups attached to an aromatic ring is 1. The average Bonchev–Trinajstić information content (AvgIpc) is 2.59. The van der Waals surface area contributed by atoms with E-state index in [0.29, 0.717) is 17.1 Å². The fraction of sp³-hybridized carbons (Fsp3) is 0.600. The number of nitrogens with one attached hydrogen (secondary N) is 1. The maximum absolute atomic E-state index is 5.38. The van der Waals surface area contributed by atoms with Crippen molar-refractivity contribution in [1.29, 1.82) is 0 Å². The van der Waals surface area contributed by atoms with Crippen molar-refractivity contribution in [3.63, 3.8) is 0 Å². The van der Waals surface area contributed by atoms with Crippen molar-refractivity contribution in [1.82, 2.24) is 9.36 Å². The predicted octanol–water partition coefficient (Wildman–Crippen LogP) is 0.695. The van der Waals surface area contributed by atoms with E-state index in [2.05, 4.69) is 14.7 Å². The molecule has 0 amide bonds. The van der Waals surface area contributed by atoms with Crippen LogP contribution >= 0.6 is 11.5 Å². The second-order valence-corrected chi connectivity index (χ2v) is 3.16. The number of anilines is 2. The molecule has 2 rings (SSSR count). The molecule has 1 aliphatic carbocycles. The van der Waals surface area contributed by atoms with Gasteiger partial charge in [-0.3, -0.25) is 0 Å². The van der Waals surface area contributed by atoms with E-state index in [1.165, 1.54) is 24.4 Å². The van der Waals surface area contributed by atoms with Crippen LogP contribution in [0, 0.1) is 0 Å². The lowest BCUT2D eigenvalue weighted by molar-refractivity contribution is 1.10. The Labute approximate surface area is 62.6 Å². The highest BCUT2D eigenvalue weighted by Crippen LogP contribution is 2.23. The van der Waals surface area contributed by atoms with Crippen LogP contribution in [0.1, 0.15) is 12.8 Å². The van der Waals surface area contributed by atoms with E-state index in [1.54, 1.807) is 0 Å². The first kappa shape index (κ1) is 5.91. The van der Waals surface area contributed by atoms with Crippen LogP contribution in [0.15, 0.2) is 0 Å². The molecule has 1 aromatic heterocycles. The third kappa shape index (κ3) is 1.18. The summed E-state index contributed by atoms with van der Waals surface area (Å²) in [6.07, 6.45) is 2.47. The van der Waals surface area contributed by atoms with Gasteiger partial charge in [0.2, 0.25) is 11.1 Å². The summed E-state index contributed by atoms with van der Waals surface area (Å²) in [4.78, 5) is 3.96. The van der Waals surface area contributed by atoms with Gasteiger partial charge in [-0.1, -0.05) is 0 Å². The van der Waals surface area contributed by atoms with Gasteiger partial charge in [0.05, 0.1) is 0 Å². The molecule has 3 N–H and O–H groups in total. The fourth-order valence-electron chi connectivity index (χ4n) is 0.704. The van der Waals surface area contributed by atoms with Crippen molar-refractivity contribution in [3.8, 4) is 0 Å². The van der Waals surface area contributed by atoms with Gasteiger partial charge in [-0.2, -0.15) is 9.36 Å². The number of nitrogens with two attached hydrogens (primary N) is 1. The van der Waals surface area contributed by atoms with Crippen LogP contribution in [0.4, 0.5) is 11.1 Å². The molecule has 1 aromatic rings. The maximum Gasteiger partial charge on any atom is 0.236 e. The number of rotatable bonds is 2. The summed E-state index contributed by atoms with van der Waals surface area (Å²) in [6.45, 7) is 0. The molecule has 10 heavy (non-hydrogen) atoms. The Bertz CT molecular complexity index is 229. The molecule has 0 unspecified atom stereocenters. The van der Waals surface area contributed by atoms with Crippen LogP contribution in [-0.4, -0.2) is 15.4 Å². The van der Waals surface area contributed by atoms with Crippen molar-refractivity contribution < 1.29 is 0 Å². The molecule has 0 spiro atoms. The van der Waals surface area contributed by atoms with Crippen LogP contribution in [0.3, 0.4) is 0 Å². The lowest BCUT2D eigenvalue weighted by atomic mass is 10.7. The van der Waals surface area contributed by atoms with E-state index in [9.17, 15) is 0 Å². The maximum atomic E-state index is 5.38. The van der Waals surface area contributed by atoms with Crippen LogP contribution in [-0.2, 0) is 0 Å². The minimum atomic E-state index is 0.531. The monoisotopic (exact) mass is 156 g/mol. The summed E-state index contributed by atoms with van der Waals surface area (Å²) in [5.41, 5.74) is 5.38. The molecule has 0 aromatic carbocycles. The molecule has 1 aliphatic rings. The van der Waals surface area contributed by atoms with E-state index >= 15 is 0 Å². The Balaban J connectivity index is 2.03. The van der Waals surface area contributed by atoms with E-state index < -0.39 is 0 Å². The quantitative estimate of drug-likeness (QED) is 0.661. The van der Waals surface area contributed by atoms with Crippen molar-refractivity contribution in [2.24, 2.45) is 0 Å². The SMILES string of the molecule is Nc1nc(NC2CC2)ns1. The van der Waals surface area contributed by atoms with Gasteiger partial charge in [-0.15, -0.1) is 0 Å². The van der Waals surface area contributed by atoms with Gasteiger partial charge in [0, 0.05) is 17.6 Å². The van der Waals surface area contributed by atoms with Gasteiger partial charge in [-0.25, -0.2) is 0 Å². The lowest BCUT2D eigenvalue weighted by Crippen LogP contribution is -2.02. The minimum absolute atomic E-state index is 0.531. The molecule has 54 valence electrons. The molecule has 1 heterocycles. The predicted molar refractivity (Wildman–Crippen MR) is 41.0 cm³/mol. The van der Waals surface area contributed by atoms with Gasteiger partial charge in [-0.05, 0) is 12.8 Å². The first-order valence-electron chi connectivity index (χ1n) is 3.20. The summed E-state index contributed by atoms with van der Waals surface area (Å²) in [5.74, 6) is 0.685. The molecule has 0 saturated heterocycles. The van der Waals surface area contributed by atoms with Crippen molar-refractivity contribution in [2.75, 3.05) is 11.1 Å². The molecular weight excluding hydrogens is 148 g/mol. The summed E-state index contributed by atoms with van der Waals surface area (Å²) < 4.78 is 3.99. The lowest BCUT2D eigenvalue weighted by Gasteiger charge is -1.93. The van der Waals surface area contributed by atoms with E-state index in [-0.39, 0.29) is 0 Å². The molecule has 5 heteroatoms. The third-order valence-electron chi connectivity index (χ3n) is 1.35. The zero-order valence-electron chi connectivity index (χ0n) is 5.37. The first-order chi connectivity index (χ1) is 4.84. The van der Waals surface area contributed by atoms with Gasteiger partial charge in [0.15, 0.2) is 0 Å². The van der Waals surface area contributed by atoms with E-state index in [0.717, 1.165) is 0 Å². The largest absolute Gasteiger partial charge is 0.374 e. The van der Waals surface area contributed by atoms with Crippen molar-refractivity contribution >= 4 is 22.6 Å². The van der Waals surface area contributed by atoms with Crippen LogP contribution < -0.4 is 11.1 Å². The number of nitrogens with zero attached hydrogens (tertiary/aromatic N) is 2. The minimum Gasteiger partial charge on any atom is -0.374 e. The molecule has 4 nitrogen and oxygen atoms in total. The van der Waals surface area contributed by atoms with Crippen LogP contribution in [0.2, 0.25) is 0 Å². The highest BCUT2D eigenvalue weighted by molar-refractivity contribution is 7.09. The van der Waals surface area contributed by atoms with Crippen LogP contribution in [0.25, 0.3) is 0 Å². The van der Waals surface area contributed by atoms with Gasteiger partial charge in [0.25, 0.3) is 0 Å². The highest BCUT2D eigenvalue weighted by atomic mass is 32.1. The normalized spacial score (nSPS) is 17.2. The Morgan fingerprint density at radius 3 is 2.90 bits per heavy atom.